The van der Waals surface area contributed by atoms with Crippen LogP contribution in [-0.4, -0.2) is 25.4 Å². The first-order valence-corrected chi connectivity index (χ1v) is 8.26. The largest absolute Gasteiger partial charge is 0.493 e. The van der Waals surface area contributed by atoms with Gasteiger partial charge in [-0.3, -0.25) is 0 Å². The predicted molar refractivity (Wildman–Crippen MR) is 95.1 cm³/mol. The topological polar surface area (TPSA) is 42.5 Å². The van der Waals surface area contributed by atoms with E-state index in [-0.39, 0.29) is 0 Å². The van der Waals surface area contributed by atoms with Gasteiger partial charge in [-0.1, -0.05) is 19.8 Å². The van der Waals surface area contributed by atoms with Crippen molar-refractivity contribution in [3.05, 3.63) is 17.7 Å². The highest BCUT2D eigenvalue weighted by molar-refractivity contribution is 7.80. The van der Waals surface area contributed by atoms with Gasteiger partial charge < -0.3 is 20.1 Å². The van der Waals surface area contributed by atoms with Gasteiger partial charge in [-0.15, -0.1) is 0 Å². The number of hydrogen-bond donors (Lipinski definition) is 2. The van der Waals surface area contributed by atoms with Crippen LogP contribution in [0.2, 0.25) is 0 Å². The number of anilines is 1. The summed E-state index contributed by atoms with van der Waals surface area (Å²) in [5, 5.41) is 7.42. The van der Waals surface area contributed by atoms with Crippen molar-refractivity contribution in [3.8, 4) is 11.5 Å². The molecule has 1 saturated carbocycles. The van der Waals surface area contributed by atoms with E-state index >= 15 is 0 Å². The quantitative estimate of drug-likeness (QED) is 0.824. The zero-order valence-electron chi connectivity index (χ0n) is 13.9. The molecule has 1 aromatic rings. The minimum Gasteiger partial charge on any atom is -0.493 e. The lowest BCUT2D eigenvalue weighted by atomic mass is 9.86. The van der Waals surface area contributed by atoms with Crippen molar-refractivity contribution in [3.63, 3.8) is 0 Å². The van der Waals surface area contributed by atoms with E-state index in [0.717, 1.165) is 17.0 Å². The van der Waals surface area contributed by atoms with Crippen LogP contribution in [-0.2, 0) is 0 Å². The average molecular weight is 322 g/mol. The van der Waals surface area contributed by atoms with Gasteiger partial charge in [-0.25, -0.2) is 0 Å². The summed E-state index contributed by atoms with van der Waals surface area (Å²) in [6.45, 7) is 4.32. The molecule has 122 valence electrons. The Morgan fingerprint density at radius 1 is 1.14 bits per heavy atom. The number of aryl methyl sites for hydroxylation is 1. The molecular formula is C17H26N2O2S. The lowest BCUT2D eigenvalue weighted by molar-refractivity contribution is 0.309. The van der Waals surface area contributed by atoms with Gasteiger partial charge in [0.2, 0.25) is 0 Å². The number of nitrogens with one attached hydrogen (secondary N) is 2. The standard InChI is InChI=1S/C17H26N2O2S/c1-11-7-5-6-8-13(11)18-17(22)19-14-10-16(21-4)15(20-3)9-12(14)2/h9-11,13H,5-8H2,1-4H3,(H2,18,19,22). The van der Waals surface area contributed by atoms with E-state index in [1.165, 1.54) is 25.7 Å². The van der Waals surface area contributed by atoms with E-state index < -0.39 is 0 Å². The molecule has 0 aliphatic heterocycles. The van der Waals surface area contributed by atoms with Gasteiger partial charge in [0.05, 0.1) is 14.2 Å². The Bertz CT molecular complexity index is 534. The van der Waals surface area contributed by atoms with Crippen molar-refractivity contribution in [2.24, 2.45) is 5.92 Å². The molecule has 5 heteroatoms. The minimum atomic E-state index is 0.467. The van der Waals surface area contributed by atoms with Crippen molar-refractivity contribution in [2.75, 3.05) is 19.5 Å². The highest BCUT2D eigenvalue weighted by Crippen LogP contribution is 2.33. The Labute approximate surface area is 138 Å². The number of methoxy groups -OCH3 is 2. The molecule has 1 fully saturated rings. The summed E-state index contributed by atoms with van der Waals surface area (Å²) in [4.78, 5) is 0. The summed E-state index contributed by atoms with van der Waals surface area (Å²) >= 11 is 5.48. The van der Waals surface area contributed by atoms with E-state index in [2.05, 4.69) is 17.6 Å². The van der Waals surface area contributed by atoms with Crippen LogP contribution in [0.5, 0.6) is 11.5 Å². The van der Waals surface area contributed by atoms with Crippen LogP contribution >= 0.6 is 12.2 Å². The predicted octanol–water partition coefficient (Wildman–Crippen LogP) is 3.88. The molecule has 2 N–H and O–H groups in total. The van der Waals surface area contributed by atoms with E-state index in [1.54, 1.807) is 14.2 Å². The van der Waals surface area contributed by atoms with Crippen LogP contribution < -0.4 is 20.1 Å². The Kier molecular flexibility index (Phi) is 5.89. The third-order valence-corrected chi connectivity index (χ3v) is 4.63. The highest BCUT2D eigenvalue weighted by atomic mass is 32.1. The molecule has 2 rings (SSSR count). The summed E-state index contributed by atoms with van der Waals surface area (Å²) in [7, 11) is 3.28. The van der Waals surface area contributed by atoms with Crippen molar-refractivity contribution in [1.29, 1.82) is 0 Å². The molecule has 2 atom stereocenters. The number of hydrogen-bond acceptors (Lipinski definition) is 3. The third kappa shape index (κ3) is 4.03. The molecule has 0 spiro atoms. The number of benzene rings is 1. The van der Waals surface area contributed by atoms with Crippen LogP contribution in [0.3, 0.4) is 0 Å². The fourth-order valence-electron chi connectivity index (χ4n) is 2.97. The molecule has 1 aliphatic rings. The van der Waals surface area contributed by atoms with E-state index in [1.807, 2.05) is 19.1 Å². The molecular weight excluding hydrogens is 296 g/mol. The first-order chi connectivity index (χ1) is 10.5. The lowest BCUT2D eigenvalue weighted by Crippen LogP contribution is -2.43. The van der Waals surface area contributed by atoms with Crippen molar-refractivity contribution in [1.82, 2.24) is 5.32 Å². The Balaban J connectivity index is 2.04. The Hall–Kier alpha value is -1.49. The molecule has 22 heavy (non-hydrogen) atoms. The SMILES string of the molecule is COc1cc(C)c(NC(=S)NC2CCCCC2C)cc1OC. The number of ether oxygens (including phenoxy) is 2. The molecule has 1 aromatic carbocycles. The van der Waals surface area contributed by atoms with E-state index in [9.17, 15) is 0 Å². The van der Waals surface area contributed by atoms with Crippen LogP contribution in [0.15, 0.2) is 12.1 Å². The van der Waals surface area contributed by atoms with Crippen molar-refractivity contribution >= 4 is 23.0 Å². The number of thiocarbonyl (C=S) groups is 1. The Morgan fingerprint density at radius 3 is 2.41 bits per heavy atom. The van der Waals surface area contributed by atoms with E-state index in [0.29, 0.717) is 22.8 Å². The maximum Gasteiger partial charge on any atom is 0.171 e. The summed E-state index contributed by atoms with van der Waals surface area (Å²) in [6, 6.07) is 4.34. The third-order valence-electron chi connectivity index (χ3n) is 4.41. The zero-order valence-corrected chi connectivity index (χ0v) is 14.7. The molecule has 0 amide bonds. The fraction of sp³-hybridized carbons (Fsp3) is 0.588. The van der Waals surface area contributed by atoms with Crippen LogP contribution in [0.4, 0.5) is 5.69 Å². The monoisotopic (exact) mass is 322 g/mol. The maximum atomic E-state index is 5.48. The molecule has 1 aliphatic carbocycles. The molecule has 0 bridgehead atoms. The smallest absolute Gasteiger partial charge is 0.171 e. The molecule has 4 nitrogen and oxygen atoms in total. The first-order valence-electron chi connectivity index (χ1n) is 7.85. The fourth-order valence-corrected chi connectivity index (χ4v) is 3.23. The van der Waals surface area contributed by atoms with Crippen molar-refractivity contribution in [2.45, 2.75) is 45.6 Å². The Morgan fingerprint density at radius 2 is 1.77 bits per heavy atom. The van der Waals surface area contributed by atoms with E-state index in [4.69, 9.17) is 21.7 Å². The van der Waals surface area contributed by atoms with Gasteiger partial charge in [0.25, 0.3) is 0 Å². The van der Waals surface area contributed by atoms with Gasteiger partial charge in [0, 0.05) is 17.8 Å². The van der Waals surface area contributed by atoms with Gasteiger partial charge in [-0.05, 0) is 49.5 Å². The van der Waals surface area contributed by atoms with Crippen molar-refractivity contribution < 1.29 is 9.47 Å². The first kappa shape index (κ1) is 16.9. The molecule has 0 heterocycles. The highest BCUT2D eigenvalue weighted by Gasteiger charge is 2.22. The lowest BCUT2D eigenvalue weighted by Gasteiger charge is -2.30. The van der Waals surface area contributed by atoms with Crippen LogP contribution in [0, 0.1) is 12.8 Å². The number of rotatable bonds is 4. The second-order valence-corrected chi connectivity index (χ2v) is 6.40. The molecule has 0 saturated heterocycles. The summed E-state index contributed by atoms with van der Waals surface area (Å²) in [5.41, 5.74) is 2.01. The molecule has 0 aromatic heterocycles. The molecule has 2 unspecified atom stereocenters. The summed E-state index contributed by atoms with van der Waals surface area (Å²) in [5.74, 6) is 2.09. The summed E-state index contributed by atoms with van der Waals surface area (Å²) < 4.78 is 10.7. The second-order valence-electron chi connectivity index (χ2n) is 5.99. The summed E-state index contributed by atoms with van der Waals surface area (Å²) in [6.07, 6.45) is 5.07. The zero-order chi connectivity index (χ0) is 16.1. The maximum absolute atomic E-state index is 5.48. The van der Waals surface area contributed by atoms with Gasteiger partial charge in [0.1, 0.15) is 0 Å². The van der Waals surface area contributed by atoms with Crippen LogP contribution in [0.25, 0.3) is 0 Å². The second kappa shape index (κ2) is 7.68. The van der Waals surface area contributed by atoms with Gasteiger partial charge >= 0.3 is 0 Å². The molecule has 0 radical (unpaired) electrons. The van der Waals surface area contributed by atoms with Gasteiger partial charge in [0.15, 0.2) is 16.6 Å². The average Bonchev–Trinajstić information content (AvgIpc) is 2.51. The van der Waals surface area contributed by atoms with Gasteiger partial charge in [-0.2, -0.15) is 0 Å². The van der Waals surface area contributed by atoms with Crippen LogP contribution in [0.1, 0.15) is 38.2 Å². The minimum absolute atomic E-state index is 0.467. The normalized spacial score (nSPS) is 21.1.